The summed E-state index contributed by atoms with van der Waals surface area (Å²) in [5.41, 5.74) is 4.84. The number of aromatic nitrogens is 4. The molecule has 1 saturated heterocycles. The Labute approximate surface area is 169 Å². The summed E-state index contributed by atoms with van der Waals surface area (Å²) in [6.07, 6.45) is -4.22. The van der Waals surface area contributed by atoms with Crippen LogP contribution in [0.5, 0.6) is 0 Å². The van der Waals surface area contributed by atoms with Gasteiger partial charge in [-0.25, -0.2) is 9.55 Å². The largest absolute Gasteiger partial charge is 0.469 e. The molecule has 15 heteroatoms. The number of phosphoric ester groups is 1. The number of anilines is 1. The number of rotatable bonds is 4. The normalized spacial score (nSPS) is 26.7. The van der Waals surface area contributed by atoms with Gasteiger partial charge >= 0.3 is 7.82 Å². The first-order valence-electron chi connectivity index (χ1n) is 6.61. The number of phosphoric acid groups is 1. The van der Waals surface area contributed by atoms with E-state index in [1.807, 2.05) is 0 Å². The van der Waals surface area contributed by atoms with Crippen molar-refractivity contribution < 1.29 is 33.8 Å². The fourth-order valence-corrected chi connectivity index (χ4v) is 2.74. The van der Waals surface area contributed by atoms with E-state index in [-0.39, 0.29) is 54.9 Å². The number of ether oxygens (including phenoxy) is 1. The number of nitrogens with one attached hydrogen (secondary N) is 1. The van der Waals surface area contributed by atoms with Gasteiger partial charge in [-0.1, -0.05) is 0 Å². The van der Waals surface area contributed by atoms with Gasteiger partial charge < -0.3 is 30.5 Å². The molecule has 0 unspecified atom stereocenters. The zero-order chi connectivity index (χ0) is 17.6. The Bertz CT molecular complexity index is 867. The Morgan fingerprint density at radius 3 is 2.72 bits per heavy atom. The third kappa shape index (κ3) is 4.22. The van der Waals surface area contributed by atoms with Crippen molar-refractivity contribution in [3.05, 3.63) is 16.7 Å². The molecule has 0 aromatic carbocycles. The van der Waals surface area contributed by atoms with E-state index >= 15 is 0 Å². The Hall–Kier alpha value is -0.600. The molecule has 134 valence electrons. The number of H-pyrrole nitrogens is 1. The Kier molecular flexibility index (Phi) is 6.26. The summed E-state index contributed by atoms with van der Waals surface area (Å²) in [5.74, 6) is -0.177. The van der Waals surface area contributed by atoms with E-state index in [4.69, 9.17) is 20.3 Å². The maximum absolute atomic E-state index is 11.7. The first-order valence-corrected chi connectivity index (χ1v) is 8.14. The summed E-state index contributed by atoms with van der Waals surface area (Å²) < 4.78 is 21.6. The molecule has 1 aliphatic rings. The van der Waals surface area contributed by atoms with Crippen molar-refractivity contribution >= 4 is 62.7 Å². The number of aliphatic hydroxyl groups excluding tert-OH is 2. The van der Waals surface area contributed by atoms with Crippen molar-refractivity contribution in [2.45, 2.75) is 24.5 Å². The third-order valence-corrected chi connectivity index (χ3v) is 3.95. The third-order valence-electron chi connectivity index (χ3n) is 3.47. The van der Waals surface area contributed by atoms with E-state index in [0.717, 1.165) is 0 Å². The maximum Gasteiger partial charge on any atom is 0.469 e. The van der Waals surface area contributed by atoms with Crippen LogP contribution in [0.25, 0.3) is 11.2 Å². The number of imidazole rings is 1. The molecule has 0 bridgehead atoms. The predicted molar refractivity (Wildman–Crippen MR) is 82.2 cm³/mol. The van der Waals surface area contributed by atoms with E-state index in [1.54, 1.807) is 0 Å². The minimum absolute atomic E-state index is 0. The van der Waals surface area contributed by atoms with Gasteiger partial charge in [-0.05, 0) is 0 Å². The minimum Gasteiger partial charge on any atom is -0.387 e. The van der Waals surface area contributed by atoms with Gasteiger partial charge in [0.2, 0.25) is 5.95 Å². The van der Waals surface area contributed by atoms with Crippen LogP contribution in [0.3, 0.4) is 0 Å². The second-order valence-corrected chi connectivity index (χ2v) is 6.35. The molecular formula is C10H14CaN5O8P. The standard InChI is InChI=1S/C10H14N5O8P.Ca/c11-10-13-7-4(8(18)14-10)12-2-15(7)9-6(17)5(16)3(23-9)1-22-24(19,20)21;/h2-3,5-6,9,16-17H,1H2,(H2,19,20,21)(H3,11,13,14,18);/t3-,5-,6-,9-;/m1./s1. The Morgan fingerprint density at radius 2 is 2.08 bits per heavy atom. The zero-order valence-electron chi connectivity index (χ0n) is 12.6. The molecule has 1 aliphatic heterocycles. The summed E-state index contributed by atoms with van der Waals surface area (Å²) in [5, 5.41) is 20.1. The first-order chi connectivity index (χ1) is 11.2. The molecule has 0 saturated carbocycles. The summed E-state index contributed by atoms with van der Waals surface area (Å²) in [4.78, 5) is 39.1. The summed E-state index contributed by atoms with van der Waals surface area (Å²) in [6.45, 7) is -0.651. The Balaban J connectivity index is 0.00000225. The predicted octanol–water partition coefficient (Wildman–Crippen LogP) is -2.95. The van der Waals surface area contributed by atoms with Crippen LogP contribution in [0, 0.1) is 0 Å². The quantitative estimate of drug-likeness (QED) is 0.225. The van der Waals surface area contributed by atoms with Gasteiger partial charge in [-0.3, -0.25) is 18.9 Å². The minimum atomic E-state index is -4.76. The molecule has 7 N–H and O–H groups in total. The van der Waals surface area contributed by atoms with Gasteiger partial charge in [0.15, 0.2) is 17.4 Å². The molecule has 2 radical (unpaired) electrons. The molecule has 0 amide bonds. The van der Waals surface area contributed by atoms with Gasteiger partial charge in [0.05, 0.1) is 12.9 Å². The smallest absolute Gasteiger partial charge is 0.387 e. The fraction of sp³-hybridized carbons (Fsp3) is 0.500. The van der Waals surface area contributed by atoms with Gasteiger partial charge in [-0.15, -0.1) is 0 Å². The summed E-state index contributed by atoms with van der Waals surface area (Å²) >= 11 is 0. The van der Waals surface area contributed by atoms with Crippen molar-refractivity contribution in [3.8, 4) is 0 Å². The van der Waals surface area contributed by atoms with E-state index in [1.165, 1.54) is 10.9 Å². The molecule has 1 fully saturated rings. The number of nitrogens with two attached hydrogens (primary N) is 1. The average Bonchev–Trinajstić information content (AvgIpc) is 3.00. The van der Waals surface area contributed by atoms with Crippen LogP contribution in [0.1, 0.15) is 6.23 Å². The molecule has 2 aromatic rings. The average molecular weight is 403 g/mol. The van der Waals surface area contributed by atoms with Crippen LogP contribution in [0.15, 0.2) is 11.1 Å². The fourth-order valence-electron chi connectivity index (χ4n) is 2.40. The number of aliphatic hydroxyl groups is 2. The van der Waals surface area contributed by atoms with Gasteiger partial charge in [0.25, 0.3) is 5.56 Å². The van der Waals surface area contributed by atoms with E-state index in [0.29, 0.717) is 0 Å². The van der Waals surface area contributed by atoms with Crippen LogP contribution >= 0.6 is 7.82 Å². The van der Waals surface area contributed by atoms with Gasteiger partial charge in [0, 0.05) is 37.7 Å². The second-order valence-electron chi connectivity index (χ2n) is 5.11. The molecule has 3 heterocycles. The number of nitrogen functional groups attached to an aromatic ring is 1. The molecule has 0 spiro atoms. The SMILES string of the molecule is Nc1nc2c(ncn2[C@@H]2O[C@H](COP(=O)(O)O)[C@@H](O)[C@H]2O)c(=O)[nH]1.[Ca]. The monoisotopic (exact) mass is 403 g/mol. The topological polar surface area (TPSA) is 206 Å². The van der Waals surface area contributed by atoms with Gasteiger partial charge in [-0.2, -0.15) is 4.98 Å². The van der Waals surface area contributed by atoms with Gasteiger partial charge in [0.1, 0.15) is 18.3 Å². The number of hydrogen-bond acceptors (Lipinski definition) is 9. The van der Waals surface area contributed by atoms with Crippen LogP contribution in [-0.2, 0) is 13.8 Å². The van der Waals surface area contributed by atoms with E-state index in [9.17, 15) is 19.6 Å². The molecule has 4 atom stereocenters. The summed E-state index contributed by atoms with van der Waals surface area (Å²) in [7, 11) is -4.76. The van der Waals surface area contributed by atoms with Crippen molar-refractivity contribution in [3.63, 3.8) is 0 Å². The maximum atomic E-state index is 11.7. The number of hydrogen-bond donors (Lipinski definition) is 6. The molecular weight excluding hydrogens is 389 g/mol. The molecule has 13 nitrogen and oxygen atoms in total. The second kappa shape index (κ2) is 7.56. The van der Waals surface area contributed by atoms with Crippen LogP contribution in [0.4, 0.5) is 5.95 Å². The molecule has 0 aliphatic carbocycles. The molecule has 25 heavy (non-hydrogen) atoms. The number of aromatic amines is 1. The van der Waals surface area contributed by atoms with E-state index in [2.05, 4.69) is 19.5 Å². The first kappa shape index (κ1) is 20.7. The summed E-state index contributed by atoms with van der Waals surface area (Å²) in [6, 6.07) is 0. The Morgan fingerprint density at radius 1 is 1.40 bits per heavy atom. The van der Waals surface area contributed by atoms with Crippen molar-refractivity contribution in [2.24, 2.45) is 0 Å². The molecule has 2 aromatic heterocycles. The number of nitrogens with zero attached hydrogens (tertiary/aromatic N) is 3. The van der Waals surface area contributed by atoms with Crippen LogP contribution < -0.4 is 11.3 Å². The van der Waals surface area contributed by atoms with Crippen LogP contribution in [-0.4, -0.2) is 102 Å². The van der Waals surface area contributed by atoms with E-state index < -0.39 is 44.5 Å². The van der Waals surface area contributed by atoms with Crippen molar-refractivity contribution in [1.29, 1.82) is 0 Å². The van der Waals surface area contributed by atoms with Crippen molar-refractivity contribution in [1.82, 2.24) is 19.5 Å². The van der Waals surface area contributed by atoms with Crippen LogP contribution in [0.2, 0.25) is 0 Å². The van der Waals surface area contributed by atoms with Crippen molar-refractivity contribution in [2.75, 3.05) is 12.3 Å². The number of fused-ring (bicyclic) bond motifs is 1. The molecule has 3 rings (SSSR count). The zero-order valence-corrected chi connectivity index (χ0v) is 15.7.